The van der Waals surface area contributed by atoms with E-state index in [1.807, 2.05) is 42.7 Å². The molecule has 0 saturated heterocycles. The highest BCUT2D eigenvalue weighted by molar-refractivity contribution is 5.94. The van der Waals surface area contributed by atoms with Gasteiger partial charge in [0.2, 0.25) is 0 Å². The average molecular weight is 353 g/mol. The van der Waals surface area contributed by atoms with Crippen molar-refractivity contribution in [2.75, 3.05) is 27.2 Å². The van der Waals surface area contributed by atoms with Gasteiger partial charge < -0.3 is 16.0 Å². The molecule has 2 aromatic rings. The van der Waals surface area contributed by atoms with E-state index in [1.54, 1.807) is 14.1 Å². The lowest BCUT2D eigenvalue weighted by atomic mass is 10.1. The Kier molecular flexibility index (Phi) is 7.61. The molecule has 3 N–H and O–H groups in total. The van der Waals surface area contributed by atoms with Crippen LogP contribution < -0.4 is 16.0 Å². The highest BCUT2D eigenvalue weighted by atomic mass is 16.1. The van der Waals surface area contributed by atoms with Crippen LogP contribution in [0.15, 0.2) is 47.7 Å². The van der Waals surface area contributed by atoms with Crippen molar-refractivity contribution < 1.29 is 4.79 Å². The van der Waals surface area contributed by atoms with Gasteiger partial charge in [-0.05, 0) is 54.7 Å². The van der Waals surface area contributed by atoms with Crippen molar-refractivity contribution in [3.63, 3.8) is 0 Å². The van der Waals surface area contributed by atoms with Gasteiger partial charge in [-0.2, -0.15) is 0 Å². The summed E-state index contributed by atoms with van der Waals surface area (Å²) in [5, 5.41) is 9.28. The Morgan fingerprint density at radius 1 is 1.15 bits per heavy atom. The number of rotatable bonds is 7. The molecule has 1 heterocycles. The molecule has 0 aliphatic rings. The number of hydrogen-bond donors (Lipinski definition) is 3. The largest absolute Gasteiger partial charge is 0.356 e. The number of hydrogen-bond acceptors (Lipinski definition) is 3. The van der Waals surface area contributed by atoms with Gasteiger partial charge in [0.15, 0.2) is 5.96 Å². The number of nitrogens with one attached hydrogen (secondary N) is 3. The molecule has 0 radical (unpaired) electrons. The summed E-state index contributed by atoms with van der Waals surface area (Å²) in [6, 6.07) is 9.72. The summed E-state index contributed by atoms with van der Waals surface area (Å²) in [5.41, 5.74) is 4.28. The maximum atomic E-state index is 11.7. The SMILES string of the molecule is CN=C(NCCc1cccc(C(=O)NC)c1)NCCc1ccncc1C. The average Bonchev–Trinajstić information content (AvgIpc) is 2.67. The zero-order valence-electron chi connectivity index (χ0n) is 15.7. The van der Waals surface area contributed by atoms with Gasteiger partial charge in [0, 0.05) is 45.1 Å². The number of guanidine groups is 1. The fourth-order valence-corrected chi connectivity index (χ4v) is 2.66. The third-order valence-electron chi connectivity index (χ3n) is 4.17. The monoisotopic (exact) mass is 353 g/mol. The number of benzene rings is 1. The van der Waals surface area contributed by atoms with Crippen LogP contribution in [0.4, 0.5) is 0 Å². The Labute approximate surface area is 155 Å². The maximum Gasteiger partial charge on any atom is 0.251 e. The van der Waals surface area contributed by atoms with Gasteiger partial charge in [-0.3, -0.25) is 14.8 Å². The molecule has 0 spiro atoms. The molecule has 0 unspecified atom stereocenters. The van der Waals surface area contributed by atoms with Crippen LogP contribution in [-0.2, 0) is 12.8 Å². The van der Waals surface area contributed by atoms with E-state index in [1.165, 1.54) is 11.1 Å². The molecule has 6 heteroatoms. The van der Waals surface area contributed by atoms with Gasteiger partial charge >= 0.3 is 0 Å². The molecule has 0 saturated carbocycles. The zero-order valence-corrected chi connectivity index (χ0v) is 15.7. The second-order valence-electron chi connectivity index (χ2n) is 6.01. The first-order valence-corrected chi connectivity index (χ1v) is 8.79. The first-order valence-electron chi connectivity index (χ1n) is 8.79. The molecule has 0 aliphatic heterocycles. The van der Waals surface area contributed by atoms with Gasteiger partial charge in [0.25, 0.3) is 5.91 Å². The van der Waals surface area contributed by atoms with Crippen molar-refractivity contribution in [3.8, 4) is 0 Å². The van der Waals surface area contributed by atoms with Crippen LogP contribution in [0.5, 0.6) is 0 Å². The van der Waals surface area contributed by atoms with Gasteiger partial charge in [-0.1, -0.05) is 12.1 Å². The molecule has 26 heavy (non-hydrogen) atoms. The lowest BCUT2D eigenvalue weighted by Gasteiger charge is -2.13. The first-order chi connectivity index (χ1) is 12.6. The van der Waals surface area contributed by atoms with E-state index in [2.05, 4.69) is 32.9 Å². The molecular weight excluding hydrogens is 326 g/mol. The molecule has 0 atom stereocenters. The fourth-order valence-electron chi connectivity index (χ4n) is 2.66. The minimum Gasteiger partial charge on any atom is -0.356 e. The second kappa shape index (κ2) is 10.2. The van der Waals surface area contributed by atoms with Gasteiger partial charge in [0.1, 0.15) is 0 Å². The van der Waals surface area contributed by atoms with Crippen molar-refractivity contribution in [3.05, 3.63) is 65.0 Å². The van der Waals surface area contributed by atoms with E-state index in [0.717, 1.165) is 37.5 Å². The summed E-state index contributed by atoms with van der Waals surface area (Å²) in [6.07, 6.45) is 5.44. The van der Waals surface area contributed by atoms with Crippen molar-refractivity contribution >= 4 is 11.9 Å². The Balaban J connectivity index is 1.77. The highest BCUT2D eigenvalue weighted by Gasteiger charge is 2.04. The summed E-state index contributed by atoms with van der Waals surface area (Å²) in [7, 11) is 3.40. The number of carbonyl (C=O) groups is 1. The zero-order chi connectivity index (χ0) is 18.8. The smallest absolute Gasteiger partial charge is 0.251 e. The van der Waals surface area contributed by atoms with Crippen molar-refractivity contribution in [2.24, 2.45) is 4.99 Å². The first kappa shape index (κ1) is 19.4. The number of aliphatic imine (C=N–C) groups is 1. The van der Waals surface area contributed by atoms with Gasteiger partial charge in [0.05, 0.1) is 0 Å². The molecule has 138 valence electrons. The number of amides is 1. The Morgan fingerprint density at radius 2 is 1.92 bits per heavy atom. The fraction of sp³-hybridized carbons (Fsp3) is 0.350. The van der Waals surface area contributed by atoms with Crippen molar-refractivity contribution in [1.82, 2.24) is 20.9 Å². The predicted octanol–water partition coefficient (Wildman–Crippen LogP) is 1.70. The Bertz CT molecular complexity index is 757. The van der Waals surface area contributed by atoms with E-state index in [0.29, 0.717) is 5.56 Å². The van der Waals surface area contributed by atoms with Crippen LogP contribution in [0.1, 0.15) is 27.0 Å². The predicted molar refractivity (Wildman–Crippen MR) is 106 cm³/mol. The standard InChI is InChI=1S/C20H27N5O/c1-15-14-23-10-8-17(15)9-12-25-20(22-3)24-11-7-16-5-4-6-18(13-16)19(26)21-2/h4-6,8,10,13-14H,7,9,11-12H2,1-3H3,(H,21,26)(H2,22,24,25). The highest BCUT2D eigenvalue weighted by Crippen LogP contribution is 2.06. The Morgan fingerprint density at radius 3 is 2.62 bits per heavy atom. The topological polar surface area (TPSA) is 78.4 Å². The normalized spacial score (nSPS) is 11.1. The third kappa shape index (κ3) is 5.88. The van der Waals surface area contributed by atoms with Crippen LogP contribution in [0.3, 0.4) is 0 Å². The summed E-state index contributed by atoms with van der Waals surface area (Å²) in [4.78, 5) is 20.1. The van der Waals surface area contributed by atoms with E-state index < -0.39 is 0 Å². The molecular formula is C20H27N5O. The third-order valence-corrected chi connectivity index (χ3v) is 4.17. The molecule has 1 amide bonds. The van der Waals surface area contributed by atoms with Crippen LogP contribution in [-0.4, -0.2) is 44.0 Å². The quantitative estimate of drug-likeness (QED) is 0.523. The van der Waals surface area contributed by atoms with Crippen LogP contribution in [0.25, 0.3) is 0 Å². The molecule has 2 rings (SSSR count). The summed E-state index contributed by atoms with van der Waals surface area (Å²) in [6.45, 7) is 3.62. The van der Waals surface area contributed by atoms with Gasteiger partial charge in [-0.15, -0.1) is 0 Å². The van der Waals surface area contributed by atoms with Crippen LogP contribution in [0.2, 0.25) is 0 Å². The summed E-state index contributed by atoms with van der Waals surface area (Å²) < 4.78 is 0. The molecule has 1 aromatic carbocycles. The van der Waals surface area contributed by atoms with E-state index in [9.17, 15) is 4.79 Å². The van der Waals surface area contributed by atoms with Crippen LogP contribution >= 0.6 is 0 Å². The van der Waals surface area contributed by atoms with Gasteiger partial charge in [-0.25, -0.2) is 0 Å². The molecule has 0 fully saturated rings. The number of nitrogens with zero attached hydrogens (tertiary/aromatic N) is 2. The van der Waals surface area contributed by atoms with Crippen LogP contribution in [0, 0.1) is 6.92 Å². The van der Waals surface area contributed by atoms with E-state index in [-0.39, 0.29) is 5.91 Å². The molecule has 0 bridgehead atoms. The minimum atomic E-state index is -0.0660. The maximum absolute atomic E-state index is 11.7. The number of carbonyl (C=O) groups excluding carboxylic acids is 1. The lowest BCUT2D eigenvalue weighted by molar-refractivity contribution is 0.0963. The minimum absolute atomic E-state index is 0.0660. The molecule has 6 nitrogen and oxygen atoms in total. The van der Waals surface area contributed by atoms with E-state index >= 15 is 0 Å². The van der Waals surface area contributed by atoms with Crippen molar-refractivity contribution in [1.29, 1.82) is 0 Å². The lowest BCUT2D eigenvalue weighted by Crippen LogP contribution is -2.39. The second-order valence-corrected chi connectivity index (χ2v) is 6.01. The molecule has 1 aromatic heterocycles. The number of pyridine rings is 1. The summed E-state index contributed by atoms with van der Waals surface area (Å²) >= 11 is 0. The summed E-state index contributed by atoms with van der Waals surface area (Å²) in [5.74, 6) is 0.711. The Hall–Kier alpha value is -2.89. The molecule has 0 aliphatic carbocycles. The van der Waals surface area contributed by atoms with Crippen molar-refractivity contribution in [2.45, 2.75) is 19.8 Å². The number of aromatic nitrogens is 1. The van der Waals surface area contributed by atoms with E-state index in [4.69, 9.17) is 0 Å². The number of aryl methyl sites for hydroxylation is 1.